The van der Waals surface area contributed by atoms with Crippen LogP contribution in [-0.4, -0.2) is 4.98 Å². The summed E-state index contributed by atoms with van der Waals surface area (Å²) in [6.07, 6.45) is -7.42. The highest BCUT2D eigenvalue weighted by Gasteiger charge is 2.38. The van der Waals surface area contributed by atoms with Crippen LogP contribution in [0.5, 0.6) is 0 Å². The Hall–Kier alpha value is -0.910. The number of hydrogen-bond donors (Lipinski definition) is 0. The van der Waals surface area contributed by atoms with Crippen molar-refractivity contribution >= 4 is 11.6 Å². The number of halogens is 6. The number of hydrogen-bond acceptors (Lipinski definition) is 1. The molecule has 0 saturated heterocycles. The van der Waals surface area contributed by atoms with Gasteiger partial charge in [-0.15, -0.1) is 0 Å². The molecular weight excluding hydrogens is 229 g/mol. The summed E-state index contributed by atoms with van der Waals surface area (Å²) in [5.74, 6) is 0. The highest BCUT2D eigenvalue weighted by molar-refractivity contribution is 6.31. The van der Waals surface area contributed by atoms with Crippen LogP contribution in [-0.2, 0) is 6.18 Å². The molecular formula is C7H3ClF5N. The van der Waals surface area contributed by atoms with Crippen LogP contribution < -0.4 is 0 Å². The molecule has 0 spiro atoms. The predicted molar refractivity (Wildman–Crippen MR) is 39.2 cm³/mol. The Balaban J connectivity index is 3.38. The molecule has 0 aliphatic carbocycles. The first-order chi connectivity index (χ1) is 6.34. The Morgan fingerprint density at radius 3 is 2.21 bits per heavy atom. The maximum atomic E-state index is 12.2. The van der Waals surface area contributed by atoms with Gasteiger partial charge < -0.3 is 0 Å². The Morgan fingerprint density at radius 1 is 1.29 bits per heavy atom. The smallest absolute Gasteiger partial charge is 0.255 e. The Labute approximate surface area is 80.5 Å². The molecule has 0 N–H and O–H groups in total. The van der Waals surface area contributed by atoms with Gasteiger partial charge in [-0.3, -0.25) is 4.98 Å². The van der Waals surface area contributed by atoms with Crippen molar-refractivity contribution in [3.05, 3.63) is 28.5 Å². The summed E-state index contributed by atoms with van der Waals surface area (Å²) in [7, 11) is 0. The first kappa shape index (κ1) is 11.2. The normalized spacial score (nSPS) is 12.2. The van der Waals surface area contributed by atoms with Gasteiger partial charge in [-0.1, -0.05) is 11.6 Å². The topological polar surface area (TPSA) is 12.9 Å². The van der Waals surface area contributed by atoms with Crippen molar-refractivity contribution in [3.63, 3.8) is 0 Å². The summed E-state index contributed by atoms with van der Waals surface area (Å²) in [5, 5.41) is -0.775. The SMILES string of the molecule is FC(F)c1nccc(Cl)c1C(F)(F)F. The third-order valence-electron chi connectivity index (χ3n) is 1.42. The van der Waals surface area contributed by atoms with Gasteiger partial charge in [0.05, 0.1) is 5.02 Å². The highest BCUT2D eigenvalue weighted by Crippen LogP contribution is 2.39. The van der Waals surface area contributed by atoms with Crippen molar-refractivity contribution in [2.24, 2.45) is 0 Å². The minimum atomic E-state index is -4.92. The summed E-state index contributed by atoms with van der Waals surface area (Å²) >= 11 is 5.16. The lowest BCUT2D eigenvalue weighted by atomic mass is 10.2. The van der Waals surface area contributed by atoms with E-state index in [1.54, 1.807) is 0 Å². The Morgan fingerprint density at radius 2 is 1.86 bits per heavy atom. The van der Waals surface area contributed by atoms with E-state index in [1.807, 2.05) is 0 Å². The van der Waals surface area contributed by atoms with Crippen molar-refractivity contribution in [3.8, 4) is 0 Å². The lowest BCUT2D eigenvalue weighted by Gasteiger charge is -2.12. The molecule has 0 fully saturated rings. The number of rotatable bonds is 1. The predicted octanol–water partition coefficient (Wildman–Crippen LogP) is 3.69. The minimum Gasteiger partial charge on any atom is -0.255 e. The zero-order valence-electron chi connectivity index (χ0n) is 6.45. The fraction of sp³-hybridized carbons (Fsp3) is 0.286. The molecule has 78 valence electrons. The first-order valence-corrected chi connectivity index (χ1v) is 3.71. The second kappa shape index (κ2) is 3.68. The number of pyridine rings is 1. The second-order valence-corrected chi connectivity index (χ2v) is 2.76. The average molecular weight is 232 g/mol. The van der Waals surface area contributed by atoms with E-state index < -0.39 is 28.9 Å². The number of alkyl halides is 5. The molecule has 0 aromatic carbocycles. The van der Waals surface area contributed by atoms with E-state index in [-0.39, 0.29) is 0 Å². The standard InChI is InChI=1S/C7H3ClF5N/c8-3-1-2-14-5(6(9)10)4(3)7(11,12)13/h1-2,6H. The Kier molecular flexibility index (Phi) is 2.94. The summed E-state index contributed by atoms with van der Waals surface area (Å²) in [6, 6.07) is 0.816. The lowest BCUT2D eigenvalue weighted by molar-refractivity contribution is -0.139. The van der Waals surface area contributed by atoms with Gasteiger partial charge in [0.25, 0.3) is 6.43 Å². The van der Waals surface area contributed by atoms with E-state index in [4.69, 9.17) is 11.6 Å². The monoisotopic (exact) mass is 231 g/mol. The maximum Gasteiger partial charge on any atom is 0.419 e. The molecule has 0 aliphatic heterocycles. The molecule has 1 rings (SSSR count). The van der Waals surface area contributed by atoms with E-state index in [0.29, 0.717) is 0 Å². The molecule has 7 heteroatoms. The summed E-state index contributed by atoms with van der Waals surface area (Å²) in [4.78, 5) is 2.95. The van der Waals surface area contributed by atoms with E-state index in [2.05, 4.69) is 4.98 Å². The van der Waals surface area contributed by atoms with Crippen LogP contribution in [0.15, 0.2) is 12.3 Å². The molecule has 0 aliphatic rings. The fourth-order valence-electron chi connectivity index (χ4n) is 0.899. The van der Waals surface area contributed by atoms with Crippen LogP contribution in [0.1, 0.15) is 17.7 Å². The van der Waals surface area contributed by atoms with Crippen molar-refractivity contribution in [1.29, 1.82) is 0 Å². The van der Waals surface area contributed by atoms with Crippen LogP contribution in [0.3, 0.4) is 0 Å². The summed E-state index contributed by atoms with van der Waals surface area (Å²) < 4.78 is 60.9. The van der Waals surface area contributed by atoms with Gasteiger partial charge in [-0.2, -0.15) is 13.2 Å². The third kappa shape index (κ3) is 2.12. The summed E-state index contributed by atoms with van der Waals surface area (Å²) in [5.41, 5.74) is -2.92. The fourth-order valence-corrected chi connectivity index (χ4v) is 1.16. The molecule has 0 amide bonds. The molecule has 1 aromatic rings. The van der Waals surface area contributed by atoms with Gasteiger partial charge in [0.15, 0.2) is 0 Å². The van der Waals surface area contributed by atoms with Gasteiger partial charge in [-0.25, -0.2) is 8.78 Å². The zero-order chi connectivity index (χ0) is 10.9. The van der Waals surface area contributed by atoms with Gasteiger partial charge >= 0.3 is 6.18 Å². The van der Waals surface area contributed by atoms with Crippen LogP contribution in [0, 0.1) is 0 Å². The quantitative estimate of drug-likeness (QED) is 0.672. The largest absolute Gasteiger partial charge is 0.419 e. The molecule has 1 nitrogen and oxygen atoms in total. The maximum absolute atomic E-state index is 12.2. The average Bonchev–Trinajstić information content (AvgIpc) is 2.01. The van der Waals surface area contributed by atoms with Crippen LogP contribution in [0.25, 0.3) is 0 Å². The van der Waals surface area contributed by atoms with E-state index in [9.17, 15) is 22.0 Å². The van der Waals surface area contributed by atoms with Crippen LogP contribution in [0.4, 0.5) is 22.0 Å². The molecule has 1 heterocycles. The minimum absolute atomic E-state index is 0.775. The summed E-state index contributed by atoms with van der Waals surface area (Å²) in [6.45, 7) is 0. The highest BCUT2D eigenvalue weighted by atomic mass is 35.5. The van der Waals surface area contributed by atoms with Gasteiger partial charge in [0, 0.05) is 6.20 Å². The van der Waals surface area contributed by atoms with Crippen molar-refractivity contribution in [1.82, 2.24) is 4.98 Å². The van der Waals surface area contributed by atoms with E-state index in [1.165, 1.54) is 0 Å². The Bertz CT molecular complexity index is 335. The number of nitrogens with zero attached hydrogens (tertiary/aromatic N) is 1. The van der Waals surface area contributed by atoms with E-state index >= 15 is 0 Å². The van der Waals surface area contributed by atoms with Crippen LogP contribution >= 0.6 is 11.6 Å². The van der Waals surface area contributed by atoms with Gasteiger partial charge in [-0.05, 0) is 6.07 Å². The number of aromatic nitrogens is 1. The molecule has 1 aromatic heterocycles. The third-order valence-corrected chi connectivity index (χ3v) is 1.73. The first-order valence-electron chi connectivity index (χ1n) is 3.33. The molecule has 0 atom stereocenters. The molecule has 0 unspecified atom stereocenters. The van der Waals surface area contributed by atoms with Crippen LogP contribution in [0.2, 0.25) is 5.02 Å². The molecule has 0 saturated carbocycles. The van der Waals surface area contributed by atoms with Crippen molar-refractivity contribution in [2.75, 3.05) is 0 Å². The molecule has 0 bridgehead atoms. The van der Waals surface area contributed by atoms with Crippen molar-refractivity contribution in [2.45, 2.75) is 12.6 Å². The lowest BCUT2D eigenvalue weighted by Crippen LogP contribution is -2.12. The van der Waals surface area contributed by atoms with Gasteiger partial charge in [0.1, 0.15) is 11.3 Å². The molecule has 0 radical (unpaired) electrons. The van der Waals surface area contributed by atoms with Crippen molar-refractivity contribution < 1.29 is 22.0 Å². The second-order valence-electron chi connectivity index (χ2n) is 2.35. The molecule has 14 heavy (non-hydrogen) atoms. The van der Waals surface area contributed by atoms with E-state index in [0.717, 1.165) is 12.3 Å². The zero-order valence-corrected chi connectivity index (χ0v) is 7.20. The van der Waals surface area contributed by atoms with Gasteiger partial charge in [0.2, 0.25) is 0 Å².